The number of aryl methyl sites for hydroxylation is 1. The van der Waals surface area contributed by atoms with Gasteiger partial charge in [-0.15, -0.1) is 0 Å². The highest BCUT2D eigenvalue weighted by Crippen LogP contribution is 2.18. The van der Waals surface area contributed by atoms with Crippen molar-refractivity contribution >= 4 is 11.8 Å². The molecule has 1 aromatic heterocycles. The van der Waals surface area contributed by atoms with Crippen LogP contribution in [0.15, 0.2) is 60.8 Å². The minimum Gasteiger partial charge on any atom is -0.497 e. The average molecular weight is 406 g/mol. The quantitative estimate of drug-likeness (QED) is 0.602. The first-order chi connectivity index (χ1) is 14.4. The summed E-state index contributed by atoms with van der Waals surface area (Å²) in [5.41, 5.74) is 3.66. The zero-order valence-electron chi connectivity index (χ0n) is 17.4. The van der Waals surface area contributed by atoms with E-state index in [1.165, 1.54) is 6.92 Å². The van der Waals surface area contributed by atoms with Crippen molar-refractivity contribution in [3.8, 4) is 11.4 Å². The normalized spacial score (nSPS) is 11.6. The number of nitrogens with one attached hydrogen (secondary N) is 2. The Bertz CT molecular complexity index is 994. The molecule has 7 nitrogen and oxygen atoms in total. The molecule has 2 N–H and O–H groups in total. The van der Waals surface area contributed by atoms with Crippen LogP contribution in [0.5, 0.6) is 5.75 Å². The third-order valence-corrected chi connectivity index (χ3v) is 4.69. The van der Waals surface area contributed by atoms with Gasteiger partial charge >= 0.3 is 0 Å². The SMILES string of the molecule is COc1ccc(-n2ccc(CNC(=O)CC(NC(C)=O)c3ccc(C)cc3)n2)cc1. The molecule has 1 unspecified atom stereocenters. The minimum atomic E-state index is -0.375. The van der Waals surface area contributed by atoms with Crippen molar-refractivity contribution in [1.82, 2.24) is 20.4 Å². The molecule has 0 spiro atoms. The van der Waals surface area contributed by atoms with E-state index in [4.69, 9.17) is 4.74 Å². The molecule has 2 amide bonds. The fourth-order valence-corrected chi connectivity index (χ4v) is 3.08. The van der Waals surface area contributed by atoms with Crippen LogP contribution in [-0.4, -0.2) is 28.7 Å². The van der Waals surface area contributed by atoms with E-state index in [1.54, 1.807) is 11.8 Å². The maximum Gasteiger partial charge on any atom is 0.222 e. The van der Waals surface area contributed by atoms with E-state index in [0.717, 1.165) is 28.3 Å². The van der Waals surface area contributed by atoms with Crippen LogP contribution < -0.4 is 15.4 Å². The molecule has 0 fully saturated rings. The number of hydrogen-bond donors (Lipinski definition) is 2. The van der Waals surface area contributed by atoms with Gasteiger partial charge in [0.05, 0.1) is 37.5 Å². The molecule has 0 saturated heterocycles. The monoisotopic (exact) mass is 406 g/mol. The Hall–Kier alpha value is -3.61. The molecule has 0 bridgehead atoms. The lowest BCUT2D eigenvalue weighted by Crippen LogP contribution is -2.32. The molecule has 7 heteroatoms. The van der Waals surface area contributed by atoms with Gasteiger partial charge in [0.25, 0.3) is 0 Å². The van der Waals surface area contributed by atoms with Crippen LogP contribution in [0, 0.1) is 6.92 Å². The van der Waals surface area contributed by atoms with Gasteiger partial charge in [0.15, 0.2) is 0 Å². The van der Waals surface area contributed by atoms with E-state index >= 15 is 0 Å². The summed E-state index contributed by atoms with van der Waals surface area (Å²) in [6.45, 7) is 3.75. The first-order valence-corrected chi connectivity index (χ1v) is 9.74. The van der Waals surface area contributed by atoms with Gasteiger partial charge in [-0.05, 0) is 42.8 Å². The second kappa shape index (κ2) is 9.73. The fraction of sp³-hybridized carbons (Fsp3) is 0.261. The molecule has 0 saturated carbocycles. The first-order valence-electron chi connectivity index (χ1n) is 9.74. The Morgan fingerprint density at radius 3 is 2.40 bits per heavy atom. The molecule has 0 aliphatic heterocycles. The molecule has 1 heterocycles. The van der Waals surface area contributed by atoms with Gasteiger partial charge in [0.2, 0.25) is 11.8 Å². The van der Waals surface area contributed by atoms with Crippen LogP contribution in [-0.2, 0) is 16.1 Å². The Morgan fingerprint density at radius 1 is 1.07 bits per heavy atom. The standard InChI is InChI=1S/C23H26N4O3/c1-16-4-6-18(7-5-16)22(25-17(2)28)14-23(29)24-15-19-12-13-27(26-19)20-8-10-21(30-3)11-9-20/h4-13,22H,14-15H2,1-3H3,(H,24,29)(H,25,28). The van der Waals surface area contributed by atoms with Crippen molar-refractivity contribution in [2.75, 3.05) is 7.11 Å². The molecule has 30 heavy (non-hydrogen) atoms. The molecule has 1 atom stereocenters. The highest BCUT2D eigenvalue weighted by Gasteiger charge is 2.17. The van der Waals surface area contributed by atoms with Crippen LogP contribution in [0.25, 0.3) is 5.69 Å². The summed E-state index contributed by atoms with van der Waals surface area (Å²) in [6, 6.07) is 16.8. The number of nitrogens with zero attached hydrogens (tertiary/aromatic N) is 2. The van der Waals surface area contributed by atoms with Crippen LogP contribution in [0.3, 0.4) is 0 Å². The second-order valence-electron chi connectivity index (χ2n) is 7.09. The van der Waals surface area contributed by atoms with Crippen molar-refractivity contribution in [2.45, 2.75) is 32.9 Å². The molecule has 3 aromatic rings. The smallest absolute Gasteiger partial charge is 0.222 e. The molecule has 0 aliphatic rings. The third kappa shape index (κ3) is 5.70. The Kier molecular flexibility index (Phi) is 6.85. The van der Waals surface area contributed by atoms with Crippen molar-refractivity contribution in [3.05, 3.63) is 77.6 Å². The van der Waals surface area contributed by atoms with Gasteiger partial charge in [-0.3, -0.25) is 9.59 Å². The van der Waals surface area contributed by atoms with Gasteiger partial charge in [-0.2, -0.15) is 5.10 Å². The summed E-state index contributed by atoms with van der Waals surface area (Å²) in [7, 11) is 1.62. The van der Waals surface area contributed by atoms with E-state index in [1.807, 2.05) is 67.7 Å². The van der Waals surface area contributed by atoms with E-state index in [9.17, 15) is 9.59 Å². The Balaban J connectivity index is 1.59. The van der Waals surface area contributed by atoms with Crippen LogP contribution >= 0.6 is 0 Å². The Morgan fingerprint density at radius 2 is 1.77 bits per heavy atom. The van der Waals surface area contributed by atoms with Gasteiger partial charge in [-0.1, -0.05) is 29.8 Å². The van der Waals surface area contributed by atoms with Crippen molar-refractivity contribution in [3.63, 3.8) is 0 Å². The topological polar surface area (TPSA) is 85.2 Å². The summed E-state index contributed by atoms with van der Waals surface area (Å²) in [5, 5.41) is 10.2. The molecule has 2 aromatic carbocycles. The predicted octanol–water partition coefficient (Wildman–Crippen LogP) is 3.07. The van der Waals surface area contributed by atoms with E-state index < -0.39 is 0 Å². The lowest BCUT2D eigenvalue weighted by atomic mass is 10.0. The number of amides is 2. The zero-order chi connectivity index (χ0) is 21.5. The van der Waals surface area contributed by atoms with Crippen LogP contribution in [0.1, 0.15) is 36.2 Å². The van der Waals surface area contributed by atoms with Crippen molar-refractivity contribution in [1.29, 1.82) is 0 Å². The van der Waals surface area contributed by atoms with Crippen LogP contribution in [0.2, 0.25) is 0 Å². The molecular weight excluding hydrogens is 380 g/mol. The van der Waals surface area contributed by atoms with Gasteiger partial charge in [0, 0.05) is 13.1 Å². The molecule has 0 aliphatic carbocycles. The molecular formula is C23H26N4O3. The fourth-order valence-electron chi connectivity index (χ4n) is 3.08. The second-order valence-corrected chi connectivity index (χ2v) is 7.09. The number of carbonyl (C=O) groups excluding carboxylic acids is 2. The number of ether oxygens (including phenoxy) is 1. The average Bonchev–Trinajstić information content (AvgIpc) is 3.21. The van der Waals surface area contributed by atoms with E-state index in [0.29, 0.717) is 6.54 Å². The van der Waals surface area contributed by atoms with Gasteiger partial charge < -0.3 is 15.4 Å². The van der Waals surface area contributed by atoms with Crippen molar-refractivity contribution < 1.29 is 14.3 Å². The summed E-state index contributed by atoms with van der Waals surface area (Å²) in [5.74, 6) is 0.445. The first kappa shape index (κ1) is 21.1. The summed E-state index contributed by atoms with van der Waals surface area (Å²) in [6.07, 6.45) is 2.00. The highest BCUT2D eigenvalue weighted by molar-refractivity contribution is 5.79. The number of aromatic nitrogens is 2. The Labute approximate surface area is 176 Å². The van der Waals surface area contributed by atoms with Gasteiger partial charge in [0.1, 0.15) is 5.75 Å². The number of hydrogen-bond acceptors (Lipinski definition) is 4. The summed E-state index contributed by atoms with van der Waals surface area (Å²) >= 11 is 0. The minimum absolute atomic E-state index is 0.155. The lowest BCUT2D eigenvalue weighted by molar-refractivity contribution is -0.122. The molecule has 156 valence electrons. The molecule has 3 rings (SSSR count). The molecule has 0 radical (unpaired) electrons. The van der Waals surface area contributed by atoms with E-state index in [-0.39, 0.29) is 24.3 Å². The van der Waals surface area contributed by atoms with Crippen LogP contribution in [0.4, 0.5) is 0 Å². The third-order valence-electron chi connectivity index (χ3n) is 4.69. The maximum atomic E-state index is 12.5. The number of rotatable bonds is 8. The maximum absolute atomic E-state index is 12.5. The van der Waals surface area contributed by atoms with E-state index in [2.05, 4.69) is 15.7 Å². The van der Waals surface area contributed by atoms with Gasteiger partial charge in [-0.25, -0.2) is 4.68 Å². The number of methoxy groups -OCH3 is 1. The highest BCUT2D eigenvalue weighted by atomic mass is 16.5. The zero-order valence-corrected chi connectivity index (χ0v) is 17.4. The predicted molar refractivity (Wildman–Crippen MR) is 114 cm³/mol. The summed E-state index contributed by atoms with van der Waals surface area (Å²) < 4.78 is 6.91. The number of carbonyl (C=O) groups is 2. The largest absolute Gasteiger partial charge is 0.497 e. The van der Waals surface area contributed by atoms with Crippen molar-refractivity contribution in [2.24, 2.45) is 0 Å². The summed E-state index contributed by atoms with van der Waals surface area (Å²) in [4.78, 5) is 24.1. The lowest BCUT2D eigenvalue weighted by Gasteiger charge is -2.18. The number of benzene rings is 2.